The molecule has 0 atom stereocenters. The Kier molecular flexibility index (Phi) is 5.39. The van der Waals surface area contributed by atoms with Crippen molar-refractivity contribution in [1.29, 1.82) is 0 Å². The fourth-order valence-corrected chi connectivity index (χ4v) is 2.40. The number of hydrogen-bond acceptors (Lipinski definition) is 3. The van der Waals surface area contributed by atoms with E-state index in [0.29, 0.717) is 6.61 Å². The van der Waals surface area contributed by atoms with E-state index in [1.165, 1.54) is 11.1 Å². The second kappa shape index (κ2) is 7.07. The van der Waals surface area contributed by atoms with Gasteiger partial charge in [-0.1, -0.05) is 17.7 Å². The maximum absolute atomic E-state index is 6.17. The first-order valence-corrected chi connectivity index (χ1v) is 7.43. The fourth-order valence-electron chi connectivity index (χ4n) is 2.24. The van der Waals surface area contributed by atoms with Crippen molar-refractivity contribution < 1.29 is 4.74 Å². The zero-order valence-corrected chi connectivity index (χ0v) is 13.8. The van der Waals surface area contributed by atoms with E-state index in [9.17, 15) is 0 Å². The number of ether oxygens (including phenoxy) is 1. The number of halogens is 1. The lowest BCUT2D eigenvalue weighted by atomic mass is 10.1. The molecule has 2 rings (SSSR count). The fraction of sp³-hybridized carbons (Fsp3) is 0.438. The van der Waals surface area contributed by atoms with Gasteiger partial charge in [-0.2, -0.15) is 5.10 Å². The Balaban J connectivity index is 2.32. The SMILES string of the molecule is COCCNCc1ccc(Cl)cc1-n1nc(C)c(C)c1C. The molecule has 1 N–H and O–H groups in total. The van der Waals surface area contributed by atoms with E-state index in [4.69, 9.17) is 16.3 Å². The van der Waals surface area contributed by atoms with Gasteiger partial charge in [-0.15, -0.1) is 0 Å². The molecule has 0 aliphatic heterocycles. The molecule has 1 heterocycles. The van der Waals surface area contributed by atoms with E-state index in [1.54, 1.807) is 7.11 Å². The van der Waals surface area contributed by atoms with Crippen molar-refractivity contribution in [3.63, 3.8) is 0 Å². The van der Waals surface area contributed by atoms with Gasteiger partial charge >= 0.3 is 0 Å². The van der Waals surface area contributed by atoms with Crippen LogP contribution in [0.1, 0.15) is 22.5 Å². The number of benzene rings is 1. The minimum atomic E-state index is 0.696. The van der Waals surface area contributed by atoms with Crippen LogP contribution in [0.2, 0.25) is 5.02 Å². The molecule has 0 spiro atoms. The van der Waals surface area contributed by atoms with Gasteiger partial charge < -0.3 is 10.1 Å². The first-order valence-electron chi connectivity index (χ1n) is 7.06. The van der Waals surface area contributed by atoms with E-state index >= 15 is 0 Å². The molecule has 0 aliphatic rings. The Labute approximate surface area is 131 Å². The molecule has 0 saturated carbocycles. The van der Waals surface area contributed by atoms with Gasteiger partial charge in [-0.05, 0) is 44.0 Å². The molecule has 2 aromatic rings. The highest BCUT2D eigenvalue weighted by molar-refractivity contribution is 6.30. The normalized spacial score (nSPS) is 11.1. The second-order valence-electron chi connectivity index (χ2n) is 5.15. The molecule has 1 aromatic heterocycles. The molecule has 0 bridgehead atoms. The van der Waals surface area contributed by atoms with Crippen LogP contribution in [-0.4, -0.2) is 30.0 Å². The lowest BCUT2D eigenvalue weighted by Crippen LogP contribution is -2.20. The molecule has 0 aliphatic carbocycles. The molecule has 114 valence electrons. The van der Waals surface area contributed by atoms with Crippen LogP contribution in [0.4, 0.5) is 0 Å². The summed E-state index contributed by atoms with van der Waals surface area (Å²) in [5, 5.41) is 8.71. The van der Waals surface area contributed by atoms with Crippen molar-refractivity contribution in [3.05, 3.63) is 45.7 Å². The van der Waals surface area contributed by atoms with Gasteiger partial charge in [0.25, 0.3) is 0 Å². The van der Waals surface area contributed by atoms with Crippen molar-refractivity contribution >= 4 is 11.6 Å². The van der Waals surface area contributed by atoms with Crippen LogP contribution in [-0.2, 0) is 11.3 Å². The molecule has 0 fully saturated rings. The van der Waals surface area contributed by atoms with Gasteiger partial charge in [0, 0.05) is 30.9 Å². The van der Waals surface area contributed by atoms with E-state index in [0.717, 1.165) is 35.2 Å². The number of nitrogens with zero attached hydrogens (tertiary/aromatic N) is 2. The average Bonchev–Trinajstić information content (AvgIpc) is 2.72. The number of nitrogens with one attached hydrogen (secondary N) is 1. The van der Waals surface area contributed by atoms with Crippen molar-refractivity contribution in [2.75, 3.05) is 20.3 Å². The number of aryl methyl sites for hydroxylation is 1. The number of methoxy groups -OCH3 is 1. The van der Waals surface area contributed by atoms with Crippen LogP contribution in [0, 0.1) is 20.8 Å². The molecular weight excluding hydrogens is 286 g/mol. The molecule has 0 amide bonds. The predicted octanol–water partition coefficient (Wildman–Crippen LogP) is 3.19. The highest BCUT2D eigenvalue weighted by Crippen LogP contribution is 2.23. The van der Waals surface area contributed by atoms with Crippen LogP contribution in [0.15, 0.2) is 18.2 Å². The van der Waals surface area contributed by atoms with Crippen molar-refractivity contribution in [1.82, 2.24) is 15.1 Å². The first kappa shape index (κ1) is 16.0. The second-order valence-corrected chi connectivity index (χ2v) is 5.59. The summed E-state index contributed by atoms with van der Waals surface area (Å²) in [6, 6.07) is 5.92. The first-order chi connectivity index (χ1) is 10.0. The van der Waals surface area contributed by atoms with Gasteiger partial charge in [-0.25, -0.2) is 4.68 Å². The Morgan fingerprint density at radius 2 is 2.05 bits per heavy atom. The molecule has 21 heavy (non-hydrogen) atoms. The van der Waals surface area contributed by atoms with Gasteiger partial charge in [0.15, 0.2) is 0 Å². The Bertz CT molecular complexity index is 622. The van der Waals surface area contributed by atoms with Crippen LogP contribution in [0.25, 0.3) is 5.69 Å². The molecule has 1 aromatic carbocycles. The van der Waals surface area contributed by atoms with Gasteiger partial charge in [0.05, 0.1) is 18.0 Å². The third-order valence-electron chi connectivity index (χ3n) is 3.73. The predicted molar refractivity (Wildman–Crippen MR) is 86.4 cm³/mol. The topological polar surface area (TPSA) is 39.1 Å². The van der Waals surface area contributed by atoms with Gasteiger partial charge in [0.2, 0.25) is 0 Å². The standard InChI is InChI=1S/C16H22ClN3O/c1-11-12(2)19-20(13(11)3)16-9-15(17)6-5-14(16)10-18-7-8-21-4/h5-6,9,18H,7-8,10H2,1-4H3. The van der Waals surface area contributed by atoms with E-state index in [-0.39, 0.29) is 0 Å². The highest BCUT2D eigenvalue weighted by atomic mass is 35.5. The third kappa shape index (κ3) is 3.64. The number of aromatic nitrogens is 2. The third-order valence-corrected chi connectivity index (χ3v) is 3.96. The Morgan fingerprint density at radius 1 is 1.29 bits per heavy atom. The molecule has 0 unspecified atom stereocenters. The number of hydrogen-bond donors (Lipinski definition) is 1. The van der Waals surface area contributed by atoms with Crippen molar-refractivity contribution in [2.24, 2.45) is 0 Å². The van der Waals surface area contributed by atoms with Crippen LogP contribution >= 0.6 is 11.6 Å². The van der Waals surface area contributed by atoms with Gasteiger partial charge in [-0.3, -0.25) is 0 Å². The quantitative estimate of drug-likeness (QED) is 0.833. The lowest BCUT2D eigenvalue weighted by molar-refractivity contribution is 0.199. The van der Waals surface area contributed by atoms with E-state index < -0.39 is 0 Å². The summed E-state index contributed by atoms with van der Waals surface area (Å²) in [5.74, 6) is 0. The van der Waals surface area contributed by atoms with Crippen LogP contribution < -0.4 is 5.32 Å². The lowest BCUT2D eigenvalue weighted by Gasteiger charge is -2.13. The molecule has 5 heteroatoms. The van der Waals surface area contributed by atoms with E-state index in [1.807, 2.05) is 29.8 Å². The van der Waals surface area contributed by atoms with Crippen molar-refractivity contribution in [3.8, 4) is 5.69 Å². The van der Waals surface area contributed by atoms with E-state index in [2.05, 4.69) is 24.3 Å². The monoisotopic (exact) mass is 307 g/mol. The highest BCUT2D eigenvalue weighted by Gasteiger charge is 2.12. The Morgan fingerprint density at radius 3 is 2.67 bits per heavy atom. The minimum absolute atomic E-state index is 0.696. The summed E-state index contributed by atoms with van der Waals surface area (Å²) in [4.78, 5) is 0. The van der Waals surface area contributed by atoms with Crippen LogP contribution in [0.5, 0.6) is 0 Å². The summed E-state index contributed by atoms with van der Waals surface area (Å²) in [6.07, 6.45) is 0. The zero-order chi connectivity index (χ0) is 15.4. The molecular formula is C16H22ClN3O. The van der Waals surface area contributed by atoms with Gasteiger partial charge in [0.1, 0.15) is 0 Å². The molecule has 4 nitrogen and oxygen atoms in total. The number of rotatable bonds is 6. The zero-order valence-electron chi connectivity index (χ0n) is 13.0. The van der Waals surface area contributed by atoms with Crippen molar-refractivity contribution in [2.45, 2.75) is 27.3 Å². The molecule has 0 saturated heterocycles. The Hall–Kier alpha value is -1.36. The average molecular weight is 308 g/mol. The largest absolute Gasteiger partial charge is 0.383 e. The summed E-state index contributed by atoms with van der Waals surface area (Å²) >= 11 is 6.17. The maximum atomic E-state index is 6.17. The maximum Gasteiger partial charge on any atom is 0.0708 e. The summed E-state index contributed by atoms with van der Waals surface area (Å²) in [7, 11) is 1.70. The minimum Gasteiger partial charge on any atom is -0.383 e. The van der Waals surface area contributed by atoms with Crippen LogP contribution in [0.3, 0.4) is 0 Å². The summed E-state index contributed by atoms with van der Waals surface area (Å²) in [5.41, 5.74) is 5.61. The summed E-state index contributed by atoms with van der Waals surface area (Å²) < 4.78 is 7.03. The smallest absolute Gasteiger partial charge is 0.0708 e. The summed E-state index contributed by atoms with van der Waals surface area (Å²) in [6.45, 7) is 8.47. The molecule has 0 radical (unpaired) electrons.